The first-order chi connectivity index (χ1) is 8.91. The van der Waals surface area contributed by atoms with Crippen molar-refractivity contribution < 1.29 is 4.79 Å². The average molecular weight is 259 g/mol. The van der Waals surface area contributed by atoms with Gasteiger partial charge < -0.3 is 10.2 Å². The Morgan fingerprint density at radius 2 is 2.21 bits per heavy atom. The van der Waals surface area contributed by atoms with Crippen molar-refractivity contribution in [3.8, 4) is 0 Å². The minimum absolute atomic E-state index is 0.0196. The molecule has 1 rings (SSSR count). The van der Waals surface area contributed by atoms with E-state index in [2.05, 4.69) is 16.9 Å². The highest BCUT2D eigenvalue weighted by Crippen LogP contribution is 2.13. The molecule has 0 radical (unpaired) electrons. The predicted octanol–water partition coefficient (Wildman–Crippen LogP) is 2.71. The van der Waals surface area contributed by atoms with Crippen LogP contribution in [0.1, 0.15) is 20.8 Å². The molecule has 0 fully saturated rings. The molecular weight excluding hydrogens is 238 g/mol. The standard InChI is InChI=1S/C15H21N3O/c1-11(2)14(17-15(19)12(3)4)10-18(5)13-7-6-8-16-9-13/h6-10,12H,1H2,2-5H3,(H,17,19)/b14-10+. The lowest BCUT2D eigenvalue weighted by Crippen LogP contribution is -2.29. The van der Waals surface area contributed by atoms with E-state index in [9.17, 15) is 4.79 Å². The SMILES string of the molecule is C=C(C)/C(=C\N(C)c1cccnc1)NC(=O)C(C)C. The van der Waals surface area contributed by atoms with Crippen LogP contribution in [0.4, 0.5) is 5.69 Å². The second-order valence-electron chi connectivity index (χ2n) is 4.79. The van der Waals surface area contributed by atoms with Crippen molar-refractivity contribution in [1.82, 2.24) is 10.3 Å². The van der Waals surface area contributed by atoms with E-state index < -0.39 is 0 Å². The molecule has 1 heterocycles. The number of rotatable bonds is 5. The minimum Gasteiger partial charge on any atom is -0.348 e. The van der Waals surface area contributed by atoms with E-state index in [1.54, 1.807) is 12.4 Å². The molecule has 102 valence electrons. The van der Waals surface area contributed by atoms with Crippen molar-refractivity contribution in [3.63, 3.8) is 0 Å². The van der Waals surface area contributed by atoms with Crippen LogP contribution in [-0.2, 0) is 4.79 Å². The molecular formula is C15H21N3O. The lowest BCUT2D eigenvalue weighted by molar-refractivity contribution is -0.123. The zero-order valence-electron chi connectivity index (χ0n) is 12.0. The van der Waals surface area contributed by atoms with Gasteiger partial charge in [-0.3, -0.25) is 9.78 Å². The molecule has 0 saturated carbocycles. The van der Waals surface area contributed by atoms with Gasteiger partial charge in [-0.05, 0) is 24.6 Å². The lowest BCUT2D eigenvalue weighted by Gasteiger charge is -2.18. The Hall–Kier alpha value is -2.10. The second kappa shape index (κ2) is 6.73. The molecule has 0 aliphatic heterocycles. The summed E-state index contributed by atoms with van der Waals surface area (Å²) in [5.41, 5.74) is 2.47. The first kappa shape index (κ1) is 15.0. The highest BCUT2D eigenvalue weighted by Gasteiger charge is 2.10. The number of carbonyl (C=O) groups excluding carboxylic acids is 1. The van der Waals surface area contributed by atoms with Crippen molar-refractivity contribution >= 4 is 11.6 Å². The molecule has 0 atom stereocenters. The third kappa shape index (κ3) is 4.58. The number of anilines is 1. The Labute approximate surface area is 114 Å². The highest BCUT2D eigenvalue weighted by molar-refractivity contribution is 5.80. The maximum absolute atomic E-state index is 11.8. The Kier molecular flexibility index (Phi) is 5.30. The van der Waals surface area contributed by atoms with Crippen LogP contribution in [0.2, 0.25) is 0 Å². The van der Waals surface area contributed by atoms with Gasteiger partial charge in [-0.2, -0.15) is 0 Å². The van der Waals surface area contributed by atoms with E-state index in [0.29, 0.717) is 5.70 Å². The molecule has 4 heteroatoms. The molecule has 0 saturated heterocycles. The summed E-state index contributed by atoms with van der Waals surface area (Å²) in [5, 5.41) is 2.88. The van der Waals surface area contributed by atoms with E-state index in [1.165, 1.54) is 0 Å². The first-order valence-corrected chi connectivity index (χ1v) is 6.23. The maximum Gasteiger partial charge on any atom is 0.226 e. The van der Waals surface area contributed by atoms with Crippen molar-refractivity contribution in [3.05, 3.63) is 48.6 Å². The third-order valence-corrected chi connectivity index (χ3v) is 2.62. The quantitative estimate of drug-likeness (QED) is 0.827. The largest absolute Gasteiger partial charge is 0.348 e. The number of nitrogens with zero attached hydrogens (tertiary/aromatic N) is 2. The molecule has 1 aromatic heterocycles. The van der Waals surface area contributed by atoms with Crippen molar-refractivity contribution in [2.45, 2.75) is 20.8 Å². The van der Waals surface area contributed by atoms with E-state index >= 15 is 0 Å². The normalized spacial score (nSPS) is 11.3. The molecule has 0 aliphatic rings. The number of pyridine rings is 1. The number of carbonyl (C=O) groups is 1. The van der Waals surface area contributed by atoms with Gasteiger partial charge in [0.15, 0.2) is 0 Å². The van der Waals surface area contributed by atoms with E-state index in [0.717, 1.165) is 11.3 Å². The average Bonchev–Trinajstić information content (AvgIpc) is 2.38. The summed E-state index contributed by atoms with van der Waals surface area (Å²) in [6, 6.07) is 3.82. The molecule has 0 aliphatic carbocycles. The fraction of sp³-hybridized carbons (Fsp3) is 0.333. The monoisotopic (exact) mass is 259 g/mol. The summed E-state index contributed by atoms with van der Waals surface area (Å²) >= 11 is 0. The topological polar surface area (TPSA) is 45.2 Å². The predicted molar refractivity (Wildman–Crippen MR) is 78.5 cm³/mol. The van der Waals surface area contributed by atoms with Gasteiger partial charge in [0.25, 0.3) is 0 Å². The Morgan fingerprint density at radius 1 is 1.53 bits per heavy atom. The van der Waals surface area contributed by atoms with Gasteiger partial charge in [0.1, 0.15) is 0 Å². The summed E-state index contributed by atoms with van der Waals surface area (Å²) in [6.45, 7) is 9.47. The fourth-order valence-electron chi connectivity index (χ4n) is 1.36. The number of amides is 1. The minimum atomic E-state index is -0.0635. The molecule has 1 N–H and O–H groups in total. The van der Waals surface area contributed by atoms with Crippen molar-refractivity contribution in [2.24, 2.45) is 5.92 Å². The summed E-state index contributed by atoms with van der Waals surface area (Å²) in [7, 11) is 1.90. The summed E-state index contributed by atoms with van der Waals surface area (Å²) in [4.78, 5) is 17.7. The van der Waals surface area contributed by atoms with E-state index in [4.69, 9.17) is 0 Å². The third-order valence-electron chi connectivity index (χ3n) is 2.62. The summed E-state index contributed by atoms with van der Waals surface area (Å²) in [6.07, 6.45) is 5.33. The van der Waals surface area contributed by atoms with Gasteiger partial charge >= 0.3 is 0 Å². The van der Waals surface area contributed by atoms with Crippen LogP contribution in [0.3, 0.4) is 0 Å². The number of hydrogen-bond donors (Lipinski definition) is 1. The van der Waals surface area contributed by atoms with E-state index in [-0.39, 0.29) is 11.8 Å². The van der Waals surface area contributed by atoms with Gasteiger partial charge in [-0.15, -0.1) is 0 Å². The van der Waals surface area contributed by atoms with Gasteiger partial charge in [0, 0.05) is 25.4 Å². The fourth-order valence-corrected chi connectivity index (χ4v) is 1.36. The van der Waals surface area contributed by atoms with Crippen LogP contribution >= 0.6 is 0 Å². The highest BCUT2D eigenvalue weighted by atomic mass is 16.1. The van der Waals surface area contributed by atoms with Crippen molar-refractivity contribution in [2.75, 3.05) is 11.9 Å². The van der Waals surface area contributed by atoms with Gasteiger partial charge in [-0.1, -0.05) is 20.4 Å². The zero-order valence-corrected chi connectivity index (χ0v) is 12.0. The van der Waals surface area contributed by atoms with Crippen LogP contribution < -0.4 is 10.2 Å². The van der Waals surface area contributed by atoms with Crippen LogP contribution in [-0.4, -0.2) is 17.9 Å². The van der Waals surface area contributed by atoms with Crippen LogP contribution in [0.25, 0.3) is 0 Å². The Balaban J connectivity index is 2.90. The zero-order chi connectivity index (χ0) is 14.4. The van der Waals surface area contributed by atoms with Gasteiger partial charge in [-0.25, -0.2) is 0 Å². The summed E-state index contributed by atoms with van der Waals surface area (Å²) < 4.78 is 0. The molecule has 0 spiro atoms. The number of aromatic nitrogens is 1. The van der Waals surface area contributed by atoms with Gasteiger partial charge in [0.2, 0.25) is 5.91 Å². The molecule has 1 aromatic rings. The Morgan fingerprint density at radius 3 is 2.68 bits per heavy atom. The number of nitrogens with one attached hydrogen (secondary N) is 1. The first-order valence-electron chi connectivity index (χ1n) is 6.23. The smallest absolute Gasteiger partial charge is 0.226 e. The molecule has 0 unspecified atom stereocenters. The second-order valence-corrected chi connectivity index (χ2v) is 4.79. The Bertz CT molecular complexity index is 477. The maximum atomic E-state index is 11.8. The van der Waals surface area contributed by atoms with Gasteiger partial charge in [0.05, 0.1) is 17.6 Å². The molecule has 4 nitrogen and oxygen atoms in total. The number of allylic oxidation sites excluding steroid dienone is 1. The number of hydrogen-bond acceptors (Lipinski definition) is 3. The summed E-state index contributed by atoms with van der Waals surface area (Å²) in [5.74, 6) is -0.0831. The lowest BCUT2D eigenvalue weighted by atomic mass is 10.2. The van der Waals surface area contributed by atoms with E-state index in [1.807, 2.05) is 51.1 Å². The van der Waals surface area contributed by atoms with Crippen LogP contribution in [0, 0.1) is 5.92 Å². The molecule has 0 aromatic carbocycles. The molecule has 1 amide bonds. The van der Waals surface area contributed by atoms with Crippen LogP contribution in [0.5, 0.6) is 0 Å². The van der Waals surface area contributed by atoms with Crippen molar-refractivity contribution in [1.29, 1.82) is 0 Å². The van der Waals surface area contributed by atoms with Crippen LogP contribution in [0.15, 0.2) is 48.6 Å². The molecule has 19 heavy (non-hydrogen) atoms. The molecule has 0 bridgehead atoms.